The fourth-order valence-corrected chi connectivity index (χ4v) is 2.38. The van der Waals surface area contributed by atoms with Gasteiger partial charge < -0.3 is 0 Å². The lowest BCUT2D eigenvalue weighted by molar-refractivity contribution is 0.220. The molecule has 0 aliphatic heterocycles. The van der Waals surface area contributed by atoms with Crippen LogP contribution >= 0.6 is 0 Å². The standard InChI is InChI=1S/C12H21N3O2S/c1-3-15(4-2)12(10-14-18(13,16)17)11-8-6-5-7-9-11/h5-9,12,14H,3-4,10H2,1-2H3,(H2,13,16,17). The number of rotatable bonds is 7. The molecule has 18 heavy (non-hydrogen) atoms. The first kappa shape index (κ1) is 15.1. The number of benzene rings is 1. The first-order valence-electron chi connectivity index (χ1n) is 6.04. The van der Waals surface area contributed by atoms with Crippen molar-refractivity contribution in [3.05, 3.63) is 35.9 Å². The normalized spacial score (nSPS) is 13.8. The van der Waals surface area contributed by atoms with E-state index in [2.05, 4.69) is 23.5 Å². The van der Waals surface area contributed by atoms with Crippen LogP contribution in [0.3, 0.4) is 0 Å². The second-order valence-corrected chi connectivity index (χ2v) is 5.42. The maximum absolute atomic E-state index is 11.0. The lowest BCUT2D eigenvalue weighted by atomic mass is 10.1. The van der Waals surface area contributed by atoms with Crippen LogP contribution in [0.1, 0.15) is 25.5 Å². The van der Waals surface area contributed by atoms with Crippen molar-refractivity contribution in [1.29, 1.82) is 0 Å². The highest BCUT2D eigenvalue weighted by atomic mass is 32.2. The molecule has 3 N–H and O–H groups in total. The Kier molecular flexibility index (Phi) is 5.74. The van der Waals surface area contributed by atoms with E-state index in [-0.39, 0.29) is 12.6 Å². The summed E-state index contributed by atoms with van der Waals surface area (Å²) in [5, 5.41) is 4.99. The molecule has 5 nitrogen and oxygen atoms in total. The van der Waals surface area contributed by atoms with Crippen molar-refractivity contribution in [1.82, 2.24) is 9.62 Å². The summed E-state index contributed by atoms with van der Waals surface area (Å²) in [6.45, 7) is 6.09. The number of nitrogens with one attached hydrogen (secondary N) is 1. The molecule has 0 saturated heterocycles. The number of hydrogen-bond donors (Lipinski definition) is 2. The highest BCUT2D eigenvalue weighted by Crippen LogP contribution is 2.19. The maximum Gasteiger partial charge on any atom is 0.274 e. The Bertz CT molecular complexity index is 444. The van der Waals surface area contributed by atoms with Gasteiger partial charge in [-0.2, -0.15) is 8.42 Å². The Morgan fingerprint density at radius 3 is 2.22 bits per heavy atom. The molecule has 1 atom stereocenters. The van der Waals surface area contributed by atoms with Gasteiger partial charge in [0.2, 0.25) is 0 Å². The van der Waals surface area contributed by atoms with E-state index in [1.165, 1.54) is 0 Å². The van der Waals surface area contributed by atoms with E-state index in [0.717, 1.165) is 18.7 Å². The zero-order chi connectivity index (χ0) is 13.6. The molecule has 0 radical (unpaired) electrons. The third-order valence-electron chi connectivity index (χ3n) is 2.92. The molecule has 0 spiro atoms. The Hall–Kier alpha value is -0.950. The molecule has 102 valence electrons. The average Bonchev–Trinajstić information content (AvgIpc) is 2.34. The van der Waals surface area contributed by atoms with E-state index in [1.54, 1.807) is 0 Å². The van der Waals surface area contributed by atoms with Crippen LogP contribution in [0.25, 0.3) is 0 Å². The van der Waals surface area contributed by atoms with Gasteiger partial charge in [0.15, 0.2) is 0 Å². The maximum atomic E-state index is 11.0. The van der Waals surface area contributed by atoms with Gasteiger partial charge >= 0.3 is 0 Å². The summed E-state index contributed by atoms with van der Waals surface area (Å²) in [5.41, 5.74) is 1.08. The zero-order valence-electron chi connectivity index (χ0n) is 10.8. The van der Waals surface area contributed by atoms with E-state index in [4.69, 9.17) is 5.14 Å². The van der Waals surface area contributed by atoms with E-state index in [1.807, 2.05) is 30.3 Å². The summed E-state index contributed by atoms with van der Waals surface area (Å²) in [4.78, 5) is 2.19. The molecule has 1 rings (SSSR count). The predicted molar refractivity (Wildman–Crippen MR) is 73.2 cm³/mol. The van der Waals surface area contributed by atoms with Crippen LogP contribution in [0, 0.1) is 0 Å². The van der Waals surface area contributed by atoms with E-state index >= 15 is 0 Å². The molecule has 1 unspecified atom stereocenters. The smallest absolute Gasteiger partial charge is 0.274 e. The molecule has 1 aromatic carbocycles. The second kappa shape index (κ2) is 6.84. The molecule has 0 bridgehead atoms. The molecule has 6 heteroatoms. The van der Waals surface area contributed by atoms with Gasteiger partial charge in [-0.3, -0.25) is 4.90 Å². The topological polar surface area (TPSA) is 75.4 Å². The van der Waals surface area contributed by atoms with E-state index in [9.17, 15) is 8.42 Å². The Morgan fingerprint density at radius 2 is 1.78 bits per heavy atom. The van der Waals surface area contributed by atoms with Crippen molar-refractivity contribution in [2.24, 2.45) is 5.14 Å². The van der Waals surface area contributed by atoms with Crippen molar-refractivity contribution in [3.8, 4) is 0 Å². The average molecular weight is 271 g/mol. The summed E-state index contributed by atoms with van der Waals surface area (Å²) >= 11 is 0. The molecule has 0 aliphatic carbocycles. The summed E-state index contributed by atoms with van der Waals surface area (Å²) in [7, 11) is -3.65. The SMILES string of the molecule is CCN(CC)C(CNS(N)(=O)=O)c1ccccc1. The largest absolute Gasteiger partial charge is 0.296 e. The first-order chi connectivity index (χ1) is 8.48. The van der Waals surface area contributed by atoms with Crippen LogP contribution in [0.2, 0.25) is 0 Å². The number of hydrogen-bond acceptors (Lipinski definition) is 3. The summed E-state index contributed by atoms with van der Waals surface area (Å²) in [6, 6.07) is 9.82. The van der Waals surface area contributed by atoms with Gasteiger partial charge in [0.1, 0.15) is 0 Å². The minimum atomic E-state index is -3.65. The fourth-order valence-electron chi connectivity index (χ4n) is 1.99. The first-order valence-corrected chi connectivity index (χ1v) is 7.59. The molecule has 0 amide bonds. The molecular weight excluding hydrogens is 250 g/mol. The van der Waals surface area contributed by atoms with Gasteiger partial charge in [-0.05, 0) is 18.7 Å². The summed E-state index contributed by atoms with van der Waals surface area (Å²) in [6.07, 6.45) is 0. The van der Waals surface area contributed by atoms with Crippen molar-refractivity contribution in [3.63, 3.8) is 0 Å². The minimum absolute atomic E-state index is 0.000440. The quantitative estimate of drug-likeness (QED) is 0.772. The molecule has 0 heterocycles. The monoisotopic (exact) mass is 271 g/mol. The third kappa shape index (κ3) is 4.73. The molecule has 1 aromatic rings. The predicted octanol–water partition coefficient (Wildman–Crippen LogP) is 0.863. The van der Waals surface area contributed by atoms with E-state index < -0.39 is 10.2 Å². The van der Waals surface area contributed by atoms with Crippen LogP contribution < -0.4 is 9.86 Å². The Labute approximate surface area is 109 Å². The van der Waals surface area contributed by atoms with Crippen molar-refractivity contribution in [2.45, 2.75) is 19.9 Å². The molecule has 0 aliphatic rings. The van der Waals surface area contributed by atoms with Crippen LogP contribution in [0.15, 0.2) is 30.3 Å². The van der Waals surface area contributed by atoms with Crippen molar-refractivity contribution < 1.29 is 8.42 Å². The molecular formula is C12H21N3O2S. The van der Waals surface area contributed by atoms with Gasteiger partial charge in [-0.1, -0.05) is 44.2 Å². The van der Waals surface area contributed by atoms with Crippen LogP contribution in [0.5, 0.6) is 0 Å². The molecule has 0 saturated carbocycles. The fraction of sp³-hybridized carbons (Fsp3) is 0.500. The summed E-state index contributed by atoms with van der Waals surface area (Å²) < 4.78 is 24.4. The van der Waals surface area contributed by atoms with Crippen LogP contribution in [-0.4, -0.2) is 33.0 Å². The van der Waals surface area contributed by atoms with Crippen LogP contribution in [0.4, 0.5) is 0 Å². The Morgan fingerprint density at radius 1 is 1.22 bits per heavy atom. The number of nitrogens with two attached hydrogens (primary N) is 1. The number of likely N-dealkylation sites (N-methyl/N-ethyl adjacent to an activating group) is 1. The van der Waals surface area contributed by atoms with Gasteiger partial charge in [0.25, 0.3) is 10.2 Å². The zero-order valence-corrected chi connectivity index (χ0v) is 11.7. The van der Waals surface area contributed by atoms with Gasteiger partial charge in [-0.15, -0.1) is 0 Å². The lowest BCUT2D eigenvalue weighted by Gasteiger charge is -2.30. The molecule has 0 fully saturated rings. The minimum Gasteiger partial charge on any atom is -0.296 e. The van der Waals surface area contributed by atoms with Gasteiger partial charge in [-0.25, -0.2) is 9.86 Å². The van der Waals surface area contributed by atoms with E-state index in [0.29, 0.717) is 0 Å². The summed E-state index contributed by atoms with van der Waals surface area (Å²) in [5.74, 6) is 0. The number of nitrogens with zero attached hydrogens (tertiary/aromatic N) is 1. The van der Waals surface area contributed by atoms with Gasteiger partial charge in [0.05, 0.1) is 0 Å². The van der Waals surface area contributed by atoms with Crippen molar-refractivity contribution >= 4 is 10.2 Å². The second-order valence-electron chi connectivity index (χ2n) is 4.04. The lowest BCUT2D eigenvalue weighted by Crippen LogP contribution is -2.40. The Balaban J connectivity index is 2.88. The highest BCUT2D eigenvalue weighted by molar-refractivity contribution is 7.87. The van der Waals surface area contributed by atoms with Crippen LogP contribution in [-0.2, 0) is 10.2 Å². The van der Waals surface area contributed by atoms with Gasteiger partial charge in [0, 0.05) is 12.6 Å². The molecule has 0 aromatic heterocycles. The van der Waals surface area contributed by atoms with Crippen molar-refractivity contribution in [2.75, 3.05) is 19.6 Å². The highest BCUT2D eigenvalue weighted by Gasteiger charge is 2.19. The third-order valence-corrected chi connectivity index (χ3v) is 3.48.